The summed E-state index contributed by atoms with van der Waals surface area (Å²) in [5.74, 6) is 0. The lowest BCUT2D eigenvalue weighted by Crippen LogP contribution is -2.16. The number of nitrogens with zero attached hydrogens (tertiary/aromatic N) is 2. The number of halogens is 6. The quantitative estimate of drug-likeness (QED) is 0.678. The molecule has 0 amide bonds. The fourth-order valence-corrected chi connectivity index (χ4v) is 2.06. The average Bonchev–Trinajstić information content (AvgIpc) is 2.92. The highest BCUT2D eigenvalue weighted by Gasteiger charge is 2.37. The molecule has 0 aliphatic rings. The maximum atomic E-state index is 13.0. The van der Waals surface area contributed by atoms with E-state index in [1.54, 1.807) is 0 Å². The summed E-state index contributed by atoms with van der Waals surface area (Å²) in [5.41, 5.74) is -5.01. The molecule has 6 nitrogen and oxygen atoms in total. The molecule has 2 aromatic heterocycles. The fourth-order valence-electron chi connectivity index (χ4n) is 2.06. The summed E-state index contributed by atoms with van der Waals surface area (Å²) >= 11 is 0. The van der Waals surface area contributed by atoms with Crippen molar-refractivity contribution in [1.29, 1.82) is 0 Å². The van der Waals surface area contributed by atoms with Crippen LogP contribution in [0.5, 0.6) is 0 Å². The number of hydrogen-bond acceptors (Lipinski definition) is 5. The lowest BCUT2D eigenvalue weighted by atomic mass is 10.1. The number of nitrogens with one attached hydrogen (secondary N) is 2. The maximum absolute atomic E-state index is 13.0. The minimum Gasteiger partial charge on any atom is -0.350 e. The zero-order valence-corrected chi connectivity index (χ0v) is 11.8. The van der Waals surface area contributed by atoms with E-state index < -0.39 is 40.4 Å². The lowest BCUT2D eigenvalue weighted by molar-refractivity contribution is -0.140. The molecule has 3 aromatic rings. The molecule has 2 N–H and O–H groups in total. The molecule has 0 fully saturated rings. The van der Waals surface area contributed by atoms with E-state index in [4.69, 9.17) is 0 Å². The number of fused-ring (bicyclic) bond motifs is 1. The predicted octanol–water partition coefficient (Wildman–Crippen LogP) is 3.69. The number of benzene rings is 1. The van der Waals surface area contributed by atoms with Gasteiger partial charge in [-0.1, -0.05) is 0 Å². The molecule has 12 heteroatoms. The summed E-state index contributed by atoms with van der Waals surface area (Å²) < 4.78 is 81.8. The van der Waals surface area contributed by atoms with Crippen molar-refractivity contribution in [1.82, 2.24) is 15.3 Å². The summed E-state index contributed by atoms with van der Waals surface area (Å²) in [6.07, 6.45) is -9.79. The first-order valence-electron chi connectivity index (χ1n) is 6.47. The van der Waals surface area contributed by atoms with Crippen molar-refractivity contribution in [3.63, 3.8) is 0 Å². The number of pyridine rings is 1. The number of aromatic nitrogens is 3. The second kappa shape index (κ2) is 5.50. The van der Waals surface area contributed by atoms with Crippen molar-refractivity contribution >= 4 is 22.5 Å². The topological polar surface area (TPSA) is 83.8 Å². The van der Waals surface area contributed by atoms with Crippen LogP contribution < -0.4 is 10.9 Å². The Kier molecular flexibility index (Phi) is 3.69. The Balaban J connectivity index is 2.13. The van der Waals surface area contributed by atoms with Crippen LogP contribution in [-0.4, -0.2) is 15.3 Å². The minimum atomic E-state index is -4.93. The number of aromatic amines is 1. The van der Waals surface area contributed by atoms with Crippen LogP contribution in [0.15, 0.2) is 33.7 Å². The number of H-pyrrole nitrogens is 1. The van der Waals surface area contributed by atoms with Crippen molar-refractivity contribution < 1.29 is 31.0 Å². The van der Waals surface area contributed by atoms with Gasteiger partial charge in [0.2, 0.25) is 5.65 Å². The predicted molar refractivity (Wildman–Crippen MR) is 72.2 cm³/mol. The SMILES string of the molecule is O=c1[nH]c2nonc2cc1Nc1cc(C(F)(F)F)ccc1C(F)(F)F. The van der Waals surface area contributed by atoms with Crippen LogP contribution in [0, 0.1) is 0 Å². The highest BCUT2D eigenvalue weighted by molar-refractivity contribution is 5.75. The Morgan fingerprint density at radius 1 is 0.960 bits per heavy atom. The van der Waals surface area contributed by atoms with Crippen LogP contribution in [0.25, 0.3) is 11.2 Å². The molecular weight excluding hydrogens is 358 g/mol. The van der Waals surface area contributed by atoms with E-state index in [-0.39, 0.29) is 23.3 Å². The third kappa shape index (κ3) is 3.27. The van der Waals surface area contributed by atoms with Gasteiger partial charge in [-0.25, -0.2) is 4.63 Å². The first kappa shape index (κ1) is 16.8. The molecule has 1 aromatic carbocycles. The van der Waals surface area contributed by atoms with E-state index in [1.165, 1.54) is 0 Å². The molecule has 0 radical (unpaired) electrons. The van der Waals surface area contributed by atoms with E-state index in [2.05, 4.69) is 25.2 Å². The summed E-state index contributed by atoms with van der Waals surface area (Å²) in [5, 5.41) is 8.79. The third-order valence-electron chi connectivity index (χ3n) is 3.19. The Labute approximate surface area is 133 Å². The van der Waals surface area contributed by atoms with E-state index in [0.29, 0.717) is 6.07 Å². The molecule has 2 heterocycles. The number of hydrogen-bond donors (Lipinski definition) is 2. The first-order chi connectivity index (χ1) is 11.6. The van der Waals surface area contributed by atoms with Gasteiger partial charge in [-0.3, -0.25) is 4.79 Å². The van der Waals surface area contributed by atoms with Gasteiger partial charge < -0.3 is 10.3 Å². The number of rotatable bonds is 2. The molecule has 0 saturated carbocycles. The Hall–Kier alpha value is -3.05. The van der Waals surface area contributed by atoms with Crippen LogP contribution >= 0.6 is 0 Å². The highest BCUT2D eigenvalue weighted by Crippen LogP contribution is 2.39. The summed E-state index contributed by atoms with van der Waals surface area (Å²) in [4.78, 5) is 14.0. The van der Waals surface area contributed by atoms with Gasteiger partial charge in [0.25, 0.3) is 5.56 Å². The van der Waals surface area contributed by atoms with Crippen molar-refractivity contribution in [3.8, 4) is 0 Å². The van der Waals surface area contributed by atoms with Crippen LogP contribution in [0.4, 0.5) is 37.7 Å². The van der Waals surface area contributed by atoms with Gasteiger partial charge in [-0.15, -0.1) is 0 Å². The van der Waals surface area contributed by atoms with Gasteiger partial charge in [0.05, 0.1) is 16.8 Å². The van der Waals surface area contributed by atoms with E-state index in [1.807, 2.05) is 0 Å². The molecular formula is C13H6F6N4O2. The van der Waals surface area contributed by atoms with E-state index in [9.17, 15) is 31.1 Å². The van der Waals surface area contributed by atoms with Crippen LogP contribution in [0.2, 0.25) is 0 Å². The summed E-state index contributed by atoms with van der Waals surface area (Å²) in [7, 11) is 0. The molecule has 0 unspecified atom stereocenters. The van der Waals surface area contributed by atoms with Crippen molar-refractivity contribution in [3.05, 3.63) is 45.7 Å². The second-order valence-electron chi connectivity index (χ2n) is 4.89. The number of anilines is 2. The highest BCUT2D eigenvalue weighted by atomic mass is 19.4. The molecule has 0 saturated heterocycles. The van der Waals surface area contributed by atoms with Gasteiger partial charge in [0.1, 0.15) is 5.69 Å². The molecule has 0 spiro atoms. The molecule has 132 valence electrons. The Morgan fingerprint density at radius 2 is 1.68 bits per heavy atom. The normalized spacial score (nSPS) is 12.6. The van der Waals surface area contributed by atoms with Gasteiger partial charge in [0, 0.05) is 6.07 Å². The Morgan fingerprint density at radius 3 is 2.32 bits per heavy atom. The lowest BCUT2D eigenvalue weighted by Gasteiger charge is -2.16. The van der Waals surface area contributed by atoms with Crippen molar-refractivity contribution in [2.75, 3.05) is 5.32 Å². The largest absolute Gasteiger partial charge is 0.418 e. The van der Waals surface area contributed by atoms with Crippen LogP contribution in [-0.2, 0) is 12.4 Å². The third-order valence-corrected chi connectivity index (χ3v) is 3.19. The van der Waals surface area contributed by atoms with Crippen molar-refractivity contribution in [2.24, 2.45) is 0 Å². The van der Waals surface area contributed by atoms with Crippen LogP contribution in [0.3, 0.4) is 0 Å². The molecule has 25 heavy (non-hydrogen) atoms. The fraction of sp³-hybridized carbons (Fsp3) is 0.154. The van der Waals surface area contributed by atoms with E-state index in [0.717, 1.165) is 6.07 Å². The standard InChI is InChI=1S/C13H6F6N4O2/c14-12(15,16)5-1-2-6(13(17,18)19)7(3-5)20-9-4-8-10(21-11(9)24)23-25-22-8/h1-4,20H,(H,21,23,24). The molecule has 3 rings (SSSR count). The summed E-state index contributed by atoms with van der Waals surface area (Å²) in [6, 6.07) is 1.87. The van der Waals surface area contributed by atoms with Crippen LogP contribution in [0.1, 0.15) is 11.1 Å². The van der Waals surface area contributed by atoms with Gasteiger partial charge >= 0.3 is 12.4 Å². The van der Waals surface area contributed by atoms with Gasteiger partial charge in [-0.2, -0.15) is 26.3 Å². The monoisotopic (exact) mass is 364 g/mol. The Bertz CT molecular complexity index is 989. The van der Waals surface area contributed by atoms with Gasteiger partial charge in [-0.05, 0) is 28.5 Å². The molecule has 0 aliphatic carbocycles. The maximum Gasteiger partial charge on any atom is 0.418 e. The zero-order valence-electron chi connectivity index (χ0n) is 11.8. The first-order valence-corrected chi connectivity index (χ1v) is 6.47. The van der Waals surface area contributed by atoms with Gasteiger partial charge in [0.15, 0.2) is 5.52 Å². The minimum absolute atomic E-state index is 0.00244. The number of alkyl halides is 6. The van der Waals surface area contributed by atoms with E-state index >= 15 is 0 Å². The van der Waals surface area contributed by atoms with Crippen molar-refractivity contribution in [2.45, 2.75) is 12.4 Å². The zero-order chi connectivity index (χ0) is 18.4. The molecule has 0 atom stereocenters. The molecule has 0 aliphatic heterocycles. The second-order valence-corrected chi connectivity index (χ2v) is 4.89. The average molecular weight is 364 g/mol. The molecule has 0 bridgehead atoms. The smallest absolute Gasteiger partial charge is 0.350 e. The summed E-state index contributed by atoms with van der Waals surface area (Å²) in [6.45, 7) is 0.